The topological polar surface area (TPSA) is 71.4 Å². The first-order chi connectivity index (χ1) is 14.2. The highest BCUT2D eigenvalue weighted by molar-refractivity contribution is 6.11. The van der Waals surface area contributed by atoms with Gasteiger partial charge in [0.25, 0.3) is 5.91 Å². The first-order valence-corrected chi connectivity index (χ1v) is 10.3. The molecule has 0 bridgehead atoms. The largest absolute Gasteiger partial charge is 0.349 e. The molecule has 0 saturated carbocycles. The Kier molecular flexibility index (Phi) is 6.10. The number of carbonyl (C=O) groups is 3. The first kappa shape index (κ1) is 21.7. The molecule has 1 aliphatic rings. The molecule has 0 unspecified atom stereocenters. The van der Waals surface area contributed by atoms with Gasteiger partial charge in [-0.25, -0.2) is 9.18 Å². The van der Waals surface area contributed by atoms with Crippen molar-refractivity contribution in [2.24, 2.45) is 0 Å². The van der Waals surface area contributed by atoms with Gasteiger partial charge in [-0.15, -0.1) is 0 Å². The lowest BCUT2D eigenvalue weighted by Gasteiger charge is -2.27. The maximum Gasteiger partial charge on any atom is 0.325 e. The Balaban J connectivity index is 1.91. The Labute approximate surface area is 176 Å². The Bertz CT molecular complexity index is 980. The number of nitrogens with one attached hydrogen (secondary N) is 1. The average Bonchev–Trinajstić information content (AvgIpc) is 3.14. The maximum atomic E-state index is 13.4. The van der Waals surface area contributed by atoms with Gasteiger partial charge in [-0.1, -0.05) is 31.9 Å². The monoisotopic (exact) mass is 413 g/mol. The summed E-state index contributed by atoms with van der Waals surface area (Å²) < 4.78 is 15.4. The number of hydrogen-bond acceptors (Lipinski definition) is 3. The number of urea groups is 1. The lowest BCUT2D eigenvalue weighted by molar-refractivity contribution is -0.131. The summed E-state index contributed by atoms with van der Waals surface area (Å²) in [4.78, 5) is 40.1. The van der Waals surface area contributed by atoms with E-state index in [0.717, 1.165) is 29.3 Å². The summed E-state index contributed by atoms with van der Waals surface area (Å²) in [5.41, 5.74) is 1.54. The highest BCUT2D eigenvalue weighted by Crippen LogP contribution is 2.34. The first-order valence-electron chi connectivity index (χ1n) is 10.3. The summed E-state index contributed by atoms with van der Waals surface area (Å²) >= 11 is 0. The Morgan fingerprint density at radius 2 is 1.80 bits per heavy atom. The van der Waals surface area contributed by atoms with Crippen LogP contribution < -0.4 is 5.32 Å². The van der Waals surface area contributed by atoms with Crippen molar-refractivity contribution in [2.75, 3.05) is 6.54 Å². The molecule has 6 nitrogen and oxygen atoms in total. The van der Waals surface area contributed by atoms with Gasteiger partial charge in [0.1, 0.15) is 11.4 Å². The van der Waals surface area contributed by atoms with Crippen molar-refractivity contribution in [3.05, 3.63) is 58.7 Å². The van der Waals surface area contributed by atoms with Crippen molar-refractivity contribution in [1.29, 1.82) is 0 Å². The van der Waals surface area contributed by atoms with E-state index in [9.17, 15) is 18.8 Å². The van der Waals surface area contributed by atoms with Crippen LogP contribution in [0.15, 0.2) is 30.3 Å². The predicted molar refractivity (Wildman–Crippen MR) is 112 cm³/mol. The fourth-order valence-electron chi connectivity index (χ4n) is 4.25. The summed E-state index contributed by atoms with van der Waals surface area (Å²) in [6.45, 7) is 8.18. The zero-order valence-electron chi connectivity index (χ0n) is 17.9. The number of imide groups is 1. The number of benzene rings is 1. The van der Waals surface area contributed by atoms with E-state index >= 15 is 0 Å². The fourth-order valence-corrected chi connectivity index (χ4v) is 4.25. The minimum Gasteiger partial charge on any atom is -0.349 e. The second-order valence-electron chi connectivity index (χ2n) is 7.79. The van der Waals surface area contributed by atoms with E-state index in [1.807, 2.05) is 32.3 Å². The number of nitrogens with zero attached hydrogens (tertiary/aromatic N) is 2. The van der Waals surface area contributed by atoms with Gasteiger partial charge >= 0.3 is 6.03 Å². The van der Waals surface area contributed by atoms with Crippen molar-refractivity contribution in [3.8, 4) is 0 Å². The predicted octanol–water partition coefficient (Wildman–Crippen LogP) is 4.08. The van der Waals surface area contributed by atoms with Crippen LogP contribution in [0, 0.1) is 19.7 Å². The zero-order valence-corrected chi connectivity index (χ0v) is 17.9. The van der Waals surface area contributed by atoms with Crippen molar-refractivity contribution < 1.29 is 18.8 Å². The van der Waals surface area contributed by atoms with Crippen molar-refractivity contribution >= 4 is 17.7 Å². The third-order valence-corrected chi connectivity index (χ3v) is 5.91. The Morgan fingerprint density at radius 3 is 2.37 bits per heavy atom. The van der Waals surface area contributed by atoms with Gasteiger partial charge in [0.2, 0.25) is 0 Å². The molecule has 1 aromatic heterocycles. The van der Waals surface area contributed by atoms with Crippen LogP contribution in [0.3, 0.4) is 0 Å². The Hall–Kier alpha value is -2.96. The number of Topliss-reactive ketones (excluding diaryl/α,β-unsaturated/α-hetero) is 1. The number of rotatable bonds is 8. The van der Waals surface area contributed by atoms with E-state index in [0.29, 0.717) is 24.0 Å². The van der Waals surface area contributed by atoms with Gasteiger partial charge in [0.15, 0.2) is 5.78 Å². The quantitative estimate of drug-likeness (QED) is 0.524. The normalized spacial score (nSPS) is 18.8. The van der Waals surface area contributed by atoms with E-state index in [1.165, 1.54) is 24.3 Å². The summed E-state index contributed by atoms with van der Waals surface area (Å²) in [6.07, 6.45) is 1.91. The van der Waals surface area contributed by atoms with E-state index in [-0.39, 0.29) is 12.3 Å². The summed E-state index contributed by atoms with van der Waals surface area (Å²) in [5.74, 6) is -1.17. The number of unbranched alkanes of at least 4 members (excludes halogenated alkanes) is 1. The zero-order chi connectivity index (χ0) is 22.1. The third kappa shape index (κ3) is 3.64. The summed E-state index contributed by atoms with van der Waals surface area (Å²) in [6, 6.07) is 6.78. The average molecular weight is 413 g/mol. The van der Waals surface area contributed by atoms with Crippen LogP contribution in [0.2, 0.25) is 0 Å². The molecule has 1 aromatic carbocycles. The molecule has 7 heteroatoms. The van der Waals surface area contributed by atoms with Gasteiger partial charge in [0.05, 0.1) is 6.54 Å². The smallest absolute Gasteiger partial charge is 0.325 e. The molecular weight excluding hydrogens is 385 g/mol. The van der Waals surface area contributed by atoms with E-state index in [1.54, 1.807) is 6.07 Å². The van der Waals surface area contributed by atoms with Gasteiger partial charge in [-0.2, -0.15) is 0 Å². The van der Waals surface area contributed by atoms with Crippen LogP contribution >= 0.6 is 0 Å². The molecule has 1 N–H and O–H groups in total. The van der Waals surface area contributed by atoms with E-state index in [4.69, 9.17) is 0 Å². The van der Waals surface area contributed by atoms with Crippen molar-refractivity contribution in [3.63, 3.8) is 0 Å². The van der Waals surface area contributed by atoms with Crippen LogP contribution in [0.5, 0.6) is 0 Å². The fraction of sp³-hybridized carbons (Fsp3) is 0.435. The number of aromatic nitrogens is 1. The number of carbonyl (C=O) groups excluding carboxylic acids is 3. The molecular formula is C23H28FN3O3. The molecule has 0 radical (unpaired) electrons. The van der Waals surface area contributed by atoms with Crippen molar-refractivity contribution in [1.82, 2.24) is 14.8 Å². The molecule has 0 aliphatic carbocycles. The molecule has 1 fully saturated rings. The summed E-state index contributed by atoms with van der Waals surface area (Å²) in [7, 11) is 0. The van der Waals surface area contributed by atoms with Crippen LogP contribution in [-0.2, 0) is 16.9 Å². The van der Waals surface area contributed by atoms with E-state index < -0.39 is 23.3 Å². The Morgan fingerprint density at radius 1 is 1.13 bits per heavy atom. The number of amides is 3. The van der Waals surface area contributed by atoms with E-state index in [2.05, 4.69) is 5.32 Å². The second-order valence-corrected chi connectivity index (χ2v) is 7.79. The number of halogens is 1. The summed E-state index contributed by atoms with van der Waals surface area (Å²) in [5, 5.41) is 2.79. The molecule has 0 spiro atoms. The van der Waals surface area contributed by atoms with Crippen LogP contribution in [0.1, 0.15) is 60.4 Å². The standard InChI is InChI=1S/C23H28FN3O3/c1-5-7-12-23(17-8-10-18(24)11-9-17)21(29)27(22(30)25-23)14-20(28)19-13-15(3)26(6-2)16(19)4/h8-11,13H,5-7,12,14H2,1-4H3,(H,25,30)/t23-/m0/s1. The molecule has 3 amide bonds. The highest BCUT2D eigenvalue weighted by atomic mass is 19.1. The third-order valence-electron chi connectivity index (χ3n) is 5.91. The molecule has 3 rings (SSSR count). The molecule has 1 saturated heterocycles. The minimum absolute atomic E-state index is 0.281. The number of ketones is 1. The van der Waals surface area contributed by atoms with Gasteiger partial charge in [-0.05, 0) is 51.0 Å². The van der Waals surface area contributed by atoms with Gasteiger partial charge < -0.3 is 9.88 Å². The molecule has 160 valence electrons. The van der Waals surface area contributed by atoms with Crippen LogP contribution in [0.4, 0.5) is 9.18 Å². The lowest BCUT2D eigenvalue weighted by atomic mass is 9.84. The molecule has 2 aromatic rings. The maximum absolute atomic E-state index is 13.4. The van der Waals surface area contributed by atoms with Gasteiger partial charge in [0, 0.05) is 23.5 Å². The molecule has 1 atom stereocenters. The van der Waals surface area contributed by atoms with Crippen molar-refractivity contribution in [2.45, 2.75) is 59.0 Å². The minimum atomic E-state index is -1.28. The van der Waals surface area contributed by atoms with Gasteiger partial charge in [-0.3, -0.25) is 14.5 Å². The second kappa shape index (κ2) is 8.42. The highest BCUT2D eigenvalue weighted by Gasteiger charge is 2.52. The molecule has 2 heterocycles. The van der Waals surface area contributed by atoms with Crippen LogP contribution in [-0.4, -0.2) is 33.7 Å². The lowest BCUT2D eigenvalue weighted by Crippen LogP contribution is -2.44. The van der Waals surface area contributed by atoms with Crippen LogP contribution in [0.25, 0.3) is 0 Å². The number of aryl methyl sites for hydroxylation is 1. The number of hydrogen-bond donors (Lipinski definition) is 1. The molecule has 1 aliphatic heterocycles. The molecule has 30 heavy (non-hydrogen) atoms. The SMILES string of the molecule is CCCC[C@@]1(c2ccc(F)cc2)NC(=O)N(CC(=O)c2cc(C)n(CC)c2C)C1=O.